The fourth-order valence-electron chi connectivity index (χ4n) is 3.29. The van der Waals surface area contributed by atoms with Gasteiger partial charge >= 0.3 is 0 Å². The van der Waals surface area contributed by atoms with Gasteiger partial charge in [-0.1, -0.05) is 29.3 Å². The van der Waals surface area contributed by atoms with Crippen LogP contribution < -0.4 is 10.6 Å². The Morgan fingerprint density at radius 1 is 1.46 bits per heavy atom. The molecule has 2 heterocycles. The number of piperazine rings is 1. The molecule has 2 atom stereocenters. The minimum atomic E-state index is -0.193. The molecule has 1 aromatic carbocycles. The molecule has 26 heavy (non-hydrogen) atoms. The van der Waals surface area contributed by atoms with Gasteiger partial charge in [0.1, 0.15) is 5.82 Å². The van der Waals surface area contributed by atoms with Gasteiger partial charge < -0.3 is 15.2 Å². The molecular formula is C18H23Cl2N5O. The number of aromatic nitrogens is 2. The molecular weight excluding hydrogens is 373 g/mol. The van der Waals surface area contributed by atoms with Gasteiger partial charge in [-0.3, -0.25) is 9.69 Å². The van der Waals surface area contributed by atoms with E-state index >= 15 is 0 Å². The van der Waals surface area contributed by atoms with E-state index in [1.54, 1.807) is 18.3 Å². The lowest BCUT2D eigenvalue weighted by molar-refractivity contribution is -0.123. The first-order chi connectivity index (χ1) is 12.5. The van der Waals surface area contributed by atoms with Crippen LogP contribution in [-0.4, -0.2) is 46.5 Å². The number of nitrogens with zero attached hydrogens (tertiary/aromatic N) is 3. The number of halogens is 2. The van der Waals surface area contributed by atoms with Crippen LogP contribution in [0.2, 0.25) is 10.0 Å². The number of nitrogens with one attached hydrogen (secondary N) is 2. The van der Waals surface area contributed by atoms with Crippen LogP contribution in [0.3, 0.4) is 0 Å². The largest absolute Gasteiger partial charge is 0.348 e. The molecule has 0 bridgehead atoms. The molecule has 1 aromatic heterocycles. The van der Waals surface area contributed by atoms with Gasteiger partial charge in [0.05, 0.1) is 18.6 Å². The van der Waals surface area contributed by atoms with E-state index in [4.69, 9.17) is 23.2 Å². The molecule has 2 N–H and O–H groups in total. The quantitative estimate of drug-likeness (QED) is 0.816. The molecule has 0 radical (unpaired) electrons. The maximum absolute atomic E-state index is 12.6. The number of imidazole rings is 1. The molecule has 140 valence electrons. The van der Waals surface area contributed by atoms with Crippen LogP contribution in [0.25, 0.3) is 0 Å². The van der Waals surface area contributed by atoms with Crippen LogP contribution in [-0.2, 0) is 11.8 Å². The molecule has 1 aliphatic rings. The predicted octanol–water partition coefficient (Wildman–Crippen LogP) is 2.55. The van der Waals surface area contributed by atoms with Crippen molar-refractivity contribution in [2.45, 2.75) is 19.0 Å². The highest BCUT2D eigenvalue weighted by atomic mass is 35.5. The SMILES string of the molecule is CC(NC(=O)CN1CCNCC1c1nccn1C)c1ccc(Cl)cc1Cl. The second kappa shape index (κ2) is 8.39. The van der Waals surface area contributed by atoms with Gasteiger partial charge in [-0.2, -0.15) is 0 Å². The highest BCUT2D eigenvalue weighted by molar-refractivity contribution is 6.35. The summed E-state index contributed by atoms with van der Waals surface area (Å²) in [5.74, 6) is 0.920. The van der Waals surface area contributed by atoms with E-state index in [0.29, 0.717) is 16.6 Å². The average molecular weight is 396 g/mol. The summed E-state index contributed by atoms with van der Waals surface area (Å²) in [6.45, 7) is 4.65. The number of carbonyl (C=O) groups is 1. The van der Waals surface area contributed by atoms with Crippen LogP contribution in [0.4, 0.5) is 0 Å². The summed E-state index contributed by atoms with van der Waals surface area (Å²) in [5, 5.41) is 7.54. The summed E-state index contributed by atoms with van der Waals surface area (Å²) in [7, 11) is 1.97. The Kier molecular flexibility index (Phi) is 6.19. The van der Waals surface area contributed by atoms with Crippen LogP contribution in [0, 0.1) is 0 Å². The zero-order valence-electron chi connectivity index (χ0n) is 14.9. The number of benzene rings is 1. The third-order valence-corrected chi connectivity index (χ3v) is 5.23. The molecule has 2 aromatic rings. The van der Waals surface area contributed by atoms with Crippen molar-refractivity contribution in [3.63, 3.8) is 0 Å². The Morgan fingerprint density at radius 3 is 2.96 bits per heavy atom. The van der Waals surface area contributed by atoms with Crippen molar-refractivity contribution in [3.8, 4) is 0 Å². The van der Waals surface area contributed by atoms with Gasteiger partial charge in [-0.25, -0.2) is 4.98 Å². The first kappa shape index (κ1) is 19.2. The van der Waals surface area contributed by atoms with Crippen molar-refractivity contribution in [2.24, 2.45) is 7.05 Å². The normalized spacial score (nSPS) is 19.3. The van der Waals surface area contributed by atoms with E-state index in [1.165, 1.54) is 0 Å². The Labute approximate surface area is 163 Å². The number of amides is 1. The second-order valence-electron chi connectivity index (χ2n) is 6.54. The third kappa shape index (κ3) is 4.38. The molecule has 0 spiro atoms. The number of hydrogen-bond donors (Lipinski definition) is 2. The minimum absolute atomic E-state index is 0.0374. The summed E-state index contributed by atoms with van der Waals surface area (Å²) in [6.07, 6.45) is 3.71. The monoisotopic (exact) mass is 395 g/mol. The Morgan fingerprint density at radius 2 is 2.27 bits per heavy atom. The van der Waals surface area contributed by atoms with E-state index in [2.05, 4.69) is 20.5 Å². The maximum atomic E-state index is 12.6. The maximum Gasteiger partial charge on any atom is 0.234 e. The first-order valence-electron chi connectivity index (χ1n) is 8.62. The Hall–Kier alpha value is -1.60. The van der Waals surface area contributed by atoms with Gasteiger partial charge in [0.2, 0.25) is 5.91 Å². The van der Waals surface area contributed by atoms with E-state index in [9.17, 15) is 4.79 Å². The number of hydrogen-bond acceptors (Lipinski definition) is 4. The fraction of sp³-hybridized carbons (Fsp3) is 0.444. The zero-order chi connectivity index (χ0) is 18.7. The Bertz CT molecular complexity index is 779. The van der Waals surface area contributed by atoms with Gasteiger partial charge in [-0.05, 0) is 24.6 Å². The molecule has 0 saturated carbocycles. The standard InChI is InChI=1S/C18H23Cl2N5O/c1-12(14-4-3-13(19)9-15(14)20)23-17(26)11-25-8-5-21-10-16(25)18-22-6-7-24(18)2/h3-4,6-7,9,12,16,21H,5,8,10-11H2,1-2H3,(H,23,26). The third-order valence-electron chi connectivity index (χ3n) is 4.66. The average Bonchev–Trinajstić information content (AvgIpc) is 3.01. The van der Waals surface area contributed by atoms with Gasteiger partial charge in [0, 0.05) is 49.1 Å². The van der Waals surface area contributed by atoms with Crippen molar-refractivity contribution in [1.29, 1.82) is 0 Å². The number of rotatable bonds is 5. The molecule has 6 nitrogen and oxygen atoms in total. The Balaban J connectivity index is 1.65. The zero-order valence-corrected chi connectivity index (χ0v) is 16.4. The summed E-state index contributed by atoms with van der Waals surface area (Å²) in [6, 6.07) is 5.19. The van der Waals surface area contributed by atoms with E-state index in [-0.39, 0.29) is 18.0 Å². The van der Waals surface area contributed by atoms with Crippen LogP contribution >= 0.6 is 23.2 Å². The van der Waals surface area contributed by atoms with E-state index in [1.807, 2.05) is 30.8 Å². The lowest BCUT2D eigenvalue weighted by Gasteiger charge is -2.35. The molecule has 3 rings (SSSR count). The highest BCUT2D eigenvalue weighted by Gasteiger charge is 2.28. The first-order valence-corrected chi connectivity index (χ1v) is 9.37. The van der Waals surface area contributed by atoms with Crippen molar-refractivity contribution in [2.75, 3.05) is 26.2 Å². The molecule has 1 fully saturated rings. The van der Waals surface area contributed by atoms with Crippen molar-refractivity contribution < 1.29 is 4.79 Å². The lowest BCUT2D eigenvalue weighted by Crippen LogP contribution is -2.50. The molecule has 8 heteroatoms. The lowest BCUT2D eigenvalue weighted by atomic mass is 10.1. The smallest absolute Gasteiger partial charge is 0.234 e. The van der Waals surface area contributed by atoms with Crippen LogP contribution in [0.5, 0.6) is 0 Å². The second-order valence-corrected chi connectivity index (χ2v) is 7.39. The van der Waals surface area contributed by atoms with E-state index < -0.39 is 0 Å². The highest BCUT2D eigenvalue weighted by Crippen LogP contribution is 2.26. The van der Waals surface area contributed by atoms with Crippen molar-refractivity contribution in [3.05, 3.63) is 52.0 Å². The van der Waals surface area contributed by atoms with Crippen LogP contribution in [0.15, 0.2) is 30.6 Å². The summed E-state index contributed by atoms with van der Waals surface area (Å²) < 4.78 is 2.00. The topological polar surface area (TPSA) is 62.2 Å². The van der Waals surface area contributed by atoms with Gasteiger partial charge in [0.15, 0.2) is 0 Å². The molecule has 1 saturated heterocycles. The number of carbonyl (C=O) groups excluding carboxylic acids is 1. The summed E-state index contributed by atoms with van der Waals surface area (Å²) in [5.41, 5.74) is 0.852. The van der Waals surface area contributed by atoms with Gasteiger partial charge in [0.25, 0.3) is 0 Å². The summed E-state index contributed by atoms with van der Waals surface area (Å²) >= 11 is 12.2. The number of aryl methyl sites for hydroxylation is 1. The van der Waals surface area contributed by atoms with E-state index in [0.717, 1.165) is 31.0 Å². The van der Waals surface area contributed by atoms with Crippen molar-refractivity contribution in [1.82, 2.24) is 25.1 Å². The predicted molar refractivity (Wildman–Crippen MR) is 103 cm³/mol. The van der Waals surface area contributed by atoms with Crippen LogP contribution in [0.1, 0.15) is 30.4 Å². The fourth-order valence-corrected chi connectivity index (χ4v) is 3.86. The molecule has 1 aliphatic heterocycles. The van der Waals surface area contributed by atoms with Crippen molar-refractivity contribution >= 4 is 29.1 Å². The molecule has 0 aliphatic carbocycles. The molecule has 1 amide bonds. The van der Waals surface area contributed by atoms with Gasteiger partial charge in [-0.15, -0.1) is 0 Å². The molecule has 2 unspecified atom stereocenters. The summed E-state index contributed by atoms with van der Waals surface area (Å²) in [4.78, 5) is 19.2. The minimum Gasteiger partial charge on any atom is -0.348 e.